The summed E-state index contributed by atoms with van der Waals surface area (Å²) in [5, 5.41) is 3.18. The lowest BCUT2D eigenvalue weighted by atomic mass is 10.1. The third kappa shape index (κ3) is 4.89. The molecule has 1 aliphatic heterocycles. The van der Waals surface area contributed by atoms with Crippen LogP contribution in [0.25, 0.3) is 0 Å². The molecule has 1 aliphatic rings. The van der Waals surface area contributed by atoms with Crippen LogP contribution >= 0.6 is 11.8 Å². The van der Waals surface area contributed by atoms with Crippen molar-refractivity contribution in [1.82, 2.24) is 5.32 Å². The quantitative estimate of drug-likeness (QED) is 0.747. The van der Waals surface area contributed by atoms with Gasteiger partial charge in [-0.05, 0) is 19.3 Å². The van der Waals surface area contributed by atoms with E-state index in [1.165, 1.54) is 0 Å². The molecular weight excluding hydrogens is 210 g/mol. The smallest absolute Gasteiger partial charge is 0.324 e. The number of rotatable bonds is 4. The Morgan fingerprint density at radius 1 is 1.53 bits per heavy atom. The maximum Gasteiger partial charge on any atom is 0.324 e. The van der Waals surface area contributed by atoms with Crippen molar-refractivity contribution in [2.24, 2.45) is 5.92 Å². The largest absolute Gasteiger partial charge is 0.461 e. The molecule has 1 fully saturated rings. The molecule has 0 aromatic rings. The Morgan fingerprint density at radius 3 is 2.80 bits per heavy atom. The van der Waals surface area contributed by atoms with E-state index < -0.39 is 0 Å². The van der Waals surface area contributed by atoms with Crippen molar-refractivity contribution in [3.05, 3.63) is 0 Å². The average molecular weight is 231 g/mol. The van der Waals surface area contributed by atoms with Crippen molar-refractivity contribution in [2.75, 3.05) is 18.1 Å². The van der Waals surface area contributed by atoms with Gasteiger partial charge in [0.25, 0.3) is 0 Å². The number of hydrogen-bond acceptors (Lipinski definition) is 4. The van der Waals surface area contributed by atoms with Gasteiger partial charge in [0.05, 0.1) is 6.10 Å². The highest BCUT2D eigenvalue weighted by Gasteiger charge is 2.23. The number of thioether (sulfide) groups is 1. The summed E-state index contributed by atoms with van der Waals surface area (Å²) in [4.78, 5) is 11.7. The van der Waals surface area contributed by atoms with Gasteiger partial charge in [-0.15, -0.1) is 0 Å². The maximum absolute atomic E-state index is 11.7. The molecule has 0 bridgehead atoms. The molecule has 0 spiro atoms. The van der Waals surface area contributed by atoms with Gasteiger partial charge < -0.3 is 10.1 Å². The summed E-state index contributed by atoms with van der Waals surface area (Å²) in [6.45, 7) is 7.15. The van der Waals surface area contributed by atoms with Crippen molar-refractivity contribution < 1.29 is 9.53 Å². The van der Waals surface area contributed by atoms with Crippen LogP contribution in [0.15, 0.2) is 0 Å². The first-order valence-corrected chi connectivity index (χ1v) is 6.76. The molecule has 0 amide bonds. The van der Waals surface area contributed by atoms with Gasteiger partial charge in [-0.25, -0.2) is 0 Å². The molecule has 0 aromatic heterocycles. The molecule has 1 heterocycles. The van der Waals surface area contributed by atoms with Gasteiger partial charge in [0, 0.05) is 18.1 Å². The highest BCUT2D eigenvalue weighted by molar-refractivity contribution is 7.99. The van der Waals surface area contributed by atoms with E-state index in [-0.39, 0.29) is 18.1 Å². The first kappa shape index (κ1) is 12.8. The number of nitrogens with one attached hydrogen (secondary N) is 1. The van der Waals surface area contributed by atoms with Gasteiger partial charge in [-0.2, -0.15) is 11.8 Å². The van der Waals surface area contributed by atoms with Crippen molar-refractivity contribution in [3.63, 3.8) is 0 Å². The van der Waals surface area contributed by atoms with Crippen LogP contribution in [0.3, 0.4) is 0 Å². The zero-order valence-electron chi connectivity index (χ0n) is 9.79. The standard InChI is InChI=1S/C11H21NO2S/c1-8(2)6-9(3)14-11(13)10-7-15-5-4-12-10/h8-10,12H,4-7H2,1-3H3. The number of hydrogen-bond donors (Lipinski definition) is 1. The Labute approximate surface area is 96.3 Å². The topological polar surface area (TPSA) is 38.3 Å². The molecule has 1 N–H and O–H groups in total. The first-order valence-electron chi connectivity index (χ1n) is 5.61. The zero-order chi connectivity index (χ0) is 11.3. The lowest BCUT2D eigenvalue weighted by Gasteiger charge is -2.24. The van der Waals surface area contributed by atoms with Crippen LogP contribution in [0.2, 0.25) is 0 Å². The molecule has 15 heavy (non-hydrogen) atoms. The molecule has 4 heteroatoms. The molecule has 0 aromatic carbocycles. The predicted octanol–water partition coefficient (Wildman–Crippen LogP) is 1.67. The number of carbonyl (C=O) groups is 1. The summed E-state index contributed by atoms with van der Waals surface area (Å²) in [6, 6.07) is -0.0987. The summed E-state index contributed by atoms with van der Waals surface area (Å²) >= 11 is 1.81. The second kappa shape index (κ2) is 6.38. The predicted molar refractivity (Wildman–Crippen MR) is 64.1 cm³/mol. The second-order valence-corrected chi connectivity index (χ2v) is 5.61. The Bertz CT molecular complexity index is 203. The van der Waals surface area contributed by atoms with Gasteiger partial charge in [-0.3, -0.25) is 4.79 Å². The lowest BCUT2D eigenvalue weighted by molar-refractivity contribution is -0.150. The molecule has 1 rings (SSSR count). The van der Waals surface area contributed by atoms with E-state index in [1.54, 1.807) is 0 Å². The highest BCUT2D eigenvalue weighted by atomic mass is 32.2. The van der Waals surface area contributed by atoms with Crippen LogP contribution in [0, 0.1) is 5.92 Å². The zero-order valence-corrected chi connectivity index (χ0v) is 10.6. The minimum absolute atomic E-state index is 0.0335. The Balaban J connectivity index is 2.27. The molecule has 1 saturated heterocycles. The van der Waals surface area contributed by atoms with Crippen LogP contribution in [0.4, 0.5) is 0 Å². The molecular formula is C11H21NO2S. The molecule has 0 saturated carbocycles. The molecule has 0 radical (unpaired) electrons. The van der Waals surface area contributed by atoms with Gasteiger partial charge in [0.1, 0.15) is 6.04 Å². The van der Waals surface area contributed by atoms with Gasteiger partial charge in [0.15, 0.2) is 0 Å². The fraction of sp³-hybridized carbons (Fsp3) is 0.909. The van der Waals surface area contributed by atoms with Crippen LogP contribution < -0.4 is 5.32 Å². The lowest BCUT2D eigenvalue weighted by Crippen LogP contribution is -2.45. The maximum atomic E-state index is 11.7. The summed E-state index contributed by atoms with van der Waals surface area (Å²) in [6.07, 6.45) is 0.970. The van der Waals surface area contributed by atoms with Crippen LogP contribution in [0.5, 0.6) is 0 Å². The fourth-order valence-corrected chi connectivity index (χ4v) is 2.63. The summed E-state index contributed by atoms with van der Waals surface area (Å²) < 4.78 is 5.39. The van der Waals surface area contributed by atoms with Crippen molar-refractivity contribution >= 4 is 17.7 Å². The van der Waals surface area contributed by atoms with Crippen LogP contribution in [0.1, 0.15) is 27.2 Å². The molecule has 0 aliphatic carbocycles. The Hall–Kier alpha value is -0.220. The van der Waals surface area contributed by atoms with Gasteiger partial charge in [0.2, 0.25) is 0 Å². The normalized spacial score (nSPS) is 23.9. The molecule has 2 unspecified atom stereocenters. The van der Waals surface area contributed by atoms with E-state index >= 15 is 0 Å². The van der Waals surface area contributed by atoms with E-state index in [0.717, 1.165) is 24.5 Å². The van der Waals surface area contributed by atoms with Gasteiger partial charge in [-0.1, -0.05) is 13.8 Å². The highest BCUT2D eigenvalue weighted by Crippen LogP contribution is 2.12. The summed E-state index contributed by atoms with van der Waals surface area (Å²) in [5.74, 6) is 2.41. The van der Waals surface area contributed by atoms with Gasteiger partial charge >= 0.3 is 5.97 Å². The van der Waals surface area contributed by atoms with E-state index in [1.807, 2.05) is 18.7 Å². The summed E-state index contributed by atoms with van der Waals surface area (Å²) in [7, 11) is 0. The summed E-state index contributed by atoms with van der Waals surface area (Å²) in [5.41, 5.74) is 0. The Kier molecular flexibility index (Phi) is 5.47. The average Bonchev–Trinajstić information content (AvgIpc) is 2.17. The third-order valence-electron chi connectivity index (χ3n) is 2.33. The van der Waals surface area contributed by atoms with E-state index in [9.17, 15) is 4.79 Å². The van der Waals surface area contributed by atoms with Crippen LogP contribution in [-0.4, -0.2) is 36.2 Å². The Morgan fingerprint density at radius 2 is 2.27 bits per heavy atom. The SMILES string of the molecule is CC(C)CC(C)OC(=O)C1CSCCN1. The first-order chi connectivity index (χ1) is 7.09. The minimum Gasteiger partial charge on any atom is -0.461 e. The number of carbonyl (C=O) groups excluding carboxylic acids is 1. The third-order valence-corrected chi connectivity index (χ3v) is 3.39. The number of ether oxygens (including phenoxy) is 1. The van der Waals surface area contributed by atoms with E-state index in [0.29, 0.717) is 5.92 Å². The molecule has 3 nitrogen and oxygen atoms in total. The molecule has 88 valence electrons. The number of esters is 1. The van der Waals surface area contributed by atoms with Crippen molar-refractivity contribution in [1.29, 1.82) is 0 Å². The van der Waals surface area contributed by atoms with E-state index in [4.69, 9.17) is 4.74 Å². The van der Waals surface area contributed by atoms with E-state index in [2.05, 4.69) is 19.2 Å². The fourth-order valence-electron chi connectivity index (χ4n) is 1.71. The monoisotopic (exact) mass is 231 g/mol. The van der Waals surface area contributed by atoms with Crippen molar-refractivity contribution in [3.8, 4) is 0 Å². The second-order valence-electron chi connectivity index (χ2n) is 4.46. The molecule has 2 atom stereocenters. The minimum atomic E-state index is -0.0987. The van der Waals surface area contributed by atoms with Crippen LogP contribution in [-0.2, 0) is 9.53 Å². The van der Waals surface area contributed by atoms with Crippen molar-refractivity contribution in [2.45, 2.75) is 39.3 Å².